The van der Waals surface area contributed by atoms with E-state index >= 15 is 0 Å². The zero-order chi connectivity index (χ0) is 22.0. The number of methoxy groups -OCH3 is 1. The SMILES string of the molecule is COCCc1nc2c(N)nc3ccccc3c2n1CCCCc1ccsc1S(N)(=O)=O. The summed E-state index contributed by atoms with van der Waals surface area (Å²) in [6, 6.07) is 9.74. The van der Waals surface area contributed by atoms with Gasteiger partial charge in [-0.25, -0.2) is 23.5 Å². The number of nitrogens with zero attached hydrogens (tertiary/aromatic N) is 3. The number of anilines is 1. The highest BCUT2D eigenvalue weighted by Crippen LogP contribution is 2.29. The van der Waals surface area contributed by atoms with Gasteiger partial charge in [0.2, 0.25) is 10.0 Å². The standard InChI is InChI=1S/C21H25N5O3S2/c1-29-12-9-17-25-18-19(15-7-2-3-8-16(15)24-20(18)22)26(17)11-5-4-6-14-10-13-30-21(14)31(23,27)28/h2-3,7-8,10,13H,4-6,9,11-12H2,1H3,(H2,22,24)(H2,23,27,28). The third-order valence-corrected chi connectivity index (χ3v) is 7.77. The minimum atomic E-state index is -3.68. The molecule has 0 aliphatic rings. The van der Waals surface area contributed by atoms with Crippen molar-refractivity contribution in [1.29, 1.82) is 0 Å². The summed E-state index contributed by atoms with van der Waals surface area (Å²) in [5, 5.41) is 8.10. The highest BCUT2D eigenvalue weighted by atomic mass is 32.2. The molecule has 8 nitrogen and oxygen atoms in total. The second-order valence-corrected chi connectivity index (χ2v) is 10.0. The molecule has 10 heteroatoms. The van der Waals surface area contributed by atoms with Crippen LogP contribution in [0.2, 0.25) is 0 Å². The van der Waals surface area contributed by atoms with Crippen molar-refractivity contribution in [1.82, 2.24) is 14.5 Å². The lowest BCUT2D eigenvalue weighted by atomic mass is 10.1. The maximum Gasteiger partial charge on any atom is 0.247 e. The Morgan fingerprint density at radius 3 is 2.71 bits per heavy atom. The fourth-order valence-corrected chi connectivity index (χ4v) is 5.79. The van der Waals surface area contributed by atoms with Gasteiger partial charge < -0.3 is 15.0 Å². The largest absolute Gasteiger partial charge is 0.384 e. The van der Waals surface area contributed by atoms with E-state index < -0.39 is 10.0 Å². The molecule has 0 spiro atoms. The molecule has 3 heterocycles. The van der Waals surface area contributed by atoms with Crippen LogP contribution in [0.3, 0.4) is 0 Å². The minimum absolute atomic E-state index is 0.256. The normalized spacial score (nSPS) is 12.2. The number of sulfonamides is 1. The molecule has 164 valence electrons. The van der Waals surface area contributed by atoms with E-state index in [1.165, 1.54) is 11.3 Å². The number of pyridine rings is 1. The van der Waals surface area contributed by atoms with E-state index in [0.717, 1.165) is 47.2 Å². The summed E-state index contributed by atoms with van der Waals surface area (Å²) >= 11 is 1.17. The summed E-state index contributed by atoms with van der Waals surface area (Å²) < 4.78 is 31.2. The number of unbranched alkanes of at least 4 members (excludes halogenated alkanes) is 1. The Morgan fingerprint density at radius 1 is 1.13 bits per heavy atom. The van der Waals surface area contributed by atoms with Crippen molar-refractivity contribution in [3.8, 4) is 0 Å². The first-order valence-corrected chi connectivity index (χ1v) is 12.4. The van der Waals surface area contributed by atoms with Gasteiger partial charge in [0, 0.05) is 25.5 Å². The summed E-state index contributed by atoms with van der Waals surface area (Å²) in [7, 11) is -2.01. The lowest BCUT2D eigenvalue weighted by Crippen LogP contribution is -2.12. The van der Waals surface area contributed by atoms with E-state index in [0.29, 0.717) is 30.8 Å². The molecule has 0 bridgehead atoms. The molecule has 0 unspecified atom stereocenters. The van der Waals surface area contributed by atoms with E-state index in [4.69, 9.17) is 20.6 Å². The second kappa shape index (κ2) is 8.91. The van der Waals surface area contributed by atoms with Crippen molar-refractivity contribution in [2.24, 2.45) is 5.14 Å². The molecule has 0 aliphatic heterocycles. The predicted octanol–water partition coefficient (Wildman–Crippen LogP) is 3.09. The summed E-state index contributed by atoms with van der Waals surface area (Å²) in [6.07, 6.45) is 2.99. The average Bonchev–Trinajstić information content (AvgIpc) is 3.35. The molecule has 1 aromatic carbocycles. The molecule has 0 radical (unpaired) electrons. The Bertz CT molecular complexity index is 1330. The molecular formula is C21H25N5O3S2. The highest BCUT2D eigenvalue weighted by molar-refractivity contribution is 7.91. The van der Waals surface area contributed by atoms with Gasteiger partial charge in [0.15, 0.2) is 5.82 Å². The first-order valence-electron chi connectivity index (χ1n) is 10.0. The Kier molecular flexibility index (Phi) is 6.24. The van der Waals surface area contributed by atoms with Crippen LogP contribution in [0, 0.1) is 0 Å². The van der Waals surface area contributed by atoms with E-state index in [-0.39, 0.29) is 4.21 Å². The molecule has 0 fully saturated rings. The fourth-order valence-electron chi connectivity index (χ4n) is 3.87. The molecule has 0 saturated carbocycles. The zero-order valence-corrected chi connectivity index (χ0v) is 18.9. The van der Waals surface area contributed by atoms with Gasteiger partial charge in [-0.15, -0.1) is 11.3 Å². The number of aromatic nitrogens is 3. The smallest absolute Gasteiger partial charge is 0.247 e. The number of primary sulfonamides is 1. The van der Waals surface area contributed by atoms with Crippen LogP contribution in [-0.4, -0.2) is 36.7 Å². The van der Waals surface area contributed by atoms with Gasteiger partial charge in [-0.2, -0.15) is 0 Å². The van der Waals surface area contributed by atoms with Crippen molar-refractivity contribution >= 4 is 49.1 Å². The summed E-state index contributed by atoms with van der Waals surface area (Å²) in [5.74, 6) is 1.32. The van der Waals surface area contributed by atoms with Crippen LogP contribution in [-0.2, 0) is 34.1 Å². The third-order valence-electron chi connectivity index (χ3n) is 5.26. The van der Waals surface area contributed by atoms with E-state index in [2.05, 4.69) is 9.55 Å². The highest BCUT2D eigenvalue weighted by Gasteiger charge is 2.18. The number of nitrogens with two attached hydrogens (primary N) is 2. The number of nitrogen functional groups attached to an aromatic ring is 1. The lowest BCUT2D eigenvalue weighted by molar-refractivity contribution is 0.199. The average molecular weight is 460 g/mol. The molecule has 4 rings (SSSR count). The van der Waals surface area contributed by atoms with Gasteiger partial charge in [-0.1, -0.05) is 18.2 Å². The number of hydrogen-bond acceptors (Lipinski definition) is 7. The molecule has 31 heavy (non-hydrogen) atoms. The van der Waals surface area contributed by atoms with Gasteiger partial charge in [-0.3, -0.25) is 0 Å². The minimum Gasteiger partial charge on any atom is -0.384 e. The van der Waals surface area contributed by atoms with Crippen LogP contribution in [0.4, 0.5) is 5.82 Å². The predicted molar refractivity (Wildman–Crippen MR) is 124 cm³/mol. The Labute approximate surface area is 184 Å². The van der Waals surface area contributed by atoms with E-state index in [1.54, 1.807) is 12.5 Å². The van der Waals surface area contributed by atoms with Crippen molar-refractivity contribution in [3.63, 3.8) is 0 Å². The van der Waals surface area contributed by atoms with Gasteiger partial charge >= 0.3 is 0 Å². The molecule has 0 saturated heterocycles. The van der Waals surface area contributed by atoms with Gasteiger partial charge in [0.1, 0.15) is 15.6 Å². The van der Waals surface area contributed by atoms with Crippen LogP contribution in [0.1, 0.15) is 24.2 Å². The number of para-hydroxylation sites is 1. The van der Waals surface area contributed by atoms with Crippen molar-refractivity contribution in [3.05, 3.63) is 47.1 Å². The fraction of sp³-hybridized carbons (Fsp3) is 0.333. The monoisotopic (exact) mass is 459 g/mol. The lowest BCUT2D eigenvalue weighted by Gasteiger charge is -2.11. The molecule has 0 atom stereocenters. The molecule has 3 aromatic heterocycles. The zero-order valence-electron chi connectivity index (χ0n) is 17.2. The number of ether oxygens (including phenoxy) is 1. The number of rotatable bonds is 9. The summed E-state index contributed by atoms with van der Waals surface area (Å²) in [5.41, 5.74) is 9.53. The maximum absolute atomic E-state index is 11.7. The topological polar surface area (TPSA) is 126 Å². The Hall–Kier alpha value is -2.53. The van der Waals surface area contributed by atoms with Crippen LogP contribution >= 0.6 is 11.3 Å². The van der Waals surface area contributed by atoms with Gasteiger partial charge in [-0.05, 0) is 42.3 Å². The first kappa shape index (κ1) is 21.7. The van der Waals surface area contributed by atoms with Crippen molar-refractivity contribution < 1.29 is 13.2 Å². The Balaban J connectivity index is 1.62. The van der Waals surface area contributed by atoms with Crippen molar-refractivity contribution in [2.45, 2.75) is 36.4 Å². The quantitative estimate of drug-likeness (QED) is 0.370. The maximum atomic E-state index is 11.7. The number of hydrogen-bond donors (Lipinski definition) is 2. The van der Waals surface area contributed by atoms with E-state index in [9.17, 15) is 8.42 Å². The summed E-state index contributed by atoms with van der Waals surface area (Å²) in [4.78, 5) is 9.28. The van der Waals surface area contributed by atoms with E-state index in [1.807, 2.05) is 30.3 Å². The van der Waals surface area contributed by atoms with Crippen LogP contribution in [0.5, 0.6) is 0 Å². The third kappa shape index (κ3) is 4.42. The van der Waals surface area contributed by atoms with Crippen LogP contribution in [0.25, 0.3) is 21.9 Å². The molecular weight excluding hydrogens is 434 g/mol. The van der Waals surface area contributed by atoms with Gasteiger partial charge in [0.05, 0.1) is 17.6 Å². The molecule has 4 N–H and O–H groups in total. The summed E-state index contributed by atoms with van der Waals surface area (Å²) in [6.45, 7) is 1.29. The first-order chi connectivity index (χ1) is 14.9. The number of fused-ring (bicyclic) bond motifs is 3. The Morgan fingerprint density at radius 2 is 1.94 bits per heavy atom. The van der Waals surface area contributed by atoms with Gasteiger partial charge in [0.25, 0.3) is 0 Å². The second-order valence-electron chi connectivity index (χ2n) is 7.37. The molecule has 0 amide bonds. The molecule has 0 aliphatic carbocycles. The van der Waals surface area contributed by atoms with Crippen LogP contribution < -0.4 is 10.9 Å². The number of aryl methyl sites for hydroxylation is 2. The number of thiophene rings is 1. The number of imidazole rings is 1. The number of benzene rings is 1. The van der Waals surface area contributed by atoms with Crippen molar-refractivity contribution in [2.75, 3.05) is 19.5 Å². The molecule has 4 aromatic rings. The van der Waals surface area contributed by atoms with Crippen LogP contribution in [0.15, 0.2) is 39.9 Å².